The fourth-order valence-electron chi connectivity index (χ4n) is 2.95. The topological polar surface area (TPSA) is 71.7 Å². The Morgan fingerprint density at radius 3 is 2.86 bits per heavy atom. The number of hydrogen-bond donors (Lipinski definition) is 0. The fraction of sp³-hybridized carbons (Fsp3) is 0.786. The molecular weight excluding hydrogens is 272 g/mol. The van der Waals surface area contributed by atoms with Crippen molar-refractivity contribution < 1.29 is 14.1 Å². The van der Waals surface area contributed by atoms with E-state index in [1.54, 1.807) is 6.92 Å². The van der Waals surface area contributed by atoms with E-state index in [1.165, 1.54) is 0 Å². The third-order valence-electron chi connectivity index (χ3n) is 4.15. The van der Waals surface area contributed by atoms with E-state index in [4.69, 9.17) is 9.26 Å². The number of ether oxygens (including phenoxy) is 1. The molecule has 1 aromatic rings. The van der Waals surface area contributed by atoms with Crippen LogP contribution in [0.3, 0.4) is 0 Å². The maximum atomic E-state index is 12.4. The Morgan fingerprint density at radius 2 is 2.14 bits per heavy atom. The van der Waals surface area contributed by atoms with Crippen molar-refractivity contribution in [2.45, 2.75) is 25.7 Å². The maximum absolute atomic E-state index is 12.4. The highest BCUT2D eigenvalue weighted by molar-refractivity contribution is 5.78. The second-order valence-electron chi connectivity index (χ2n) is 5.74. The Bertz CT molecular complexity index is 484. The number of piperidine rings is 1. The average molecular weight is 294 g/mol. The van der Waals surface area contributed by atoms with Crippen LogP contribution in [0.2, 0.25) is 0 Å². The molecule has 2 saturated heterocycles. The quantitative estimate of drug-likeness (QED) is 0.804. The first kappa shape index (κ1) is 14.5. The summed E-state index contributed by atoms with van der Waals surface area (Å²) in [5, 5.41) is 4.00. The van der Waals surface area contributed by atoms with Crippen molar-refractivity contribution in [2.24, 2.45) is 0 Å². The van der Waals surface area contributed by atoms with Crippen molar-refractivity contribution in [3.63, 3.8) is 0 Å². The van der Waals surface area contributed by atoms with Gasteiger partial charge in [-0.15, -0.1) is 0 Å². The number of aryl methyl sites for hydroxylation is 1. The van der Waals surface area contributed by atoms with Gasteiger partial charge in [0.2, 0.25) is 11.8 Å². The minimum absolute atomic E-state index is 0.196. The summed E-state index contributed by atoms with van der Waals surface area (Å²) in [6, 6.07) is 0. The number of likely N-dealkylation sites (tertiary alicyclic amines) is 1. The maximum Gasteiger partial charge on any atom is 0.236 e. The summed E-state index contributed by atoms with van der Waals surface area (Å²) >= 11 is 0. The largest absolute Gasteiger partial charge is 0.379 e. The Balaban J connectivity index is 1.56. The molecule has 21 heavy (non-hydrogen) atoms. The van der Waals surface area contributed by atoms with Crippen LogP contribution in [0.15, 0.2) is 4.52 Å². The summed E-state index contributed by atoms with van der Waals surface area (Å²) in [5.74, 6) is 1.71. The molecule has 1 amide bonds. The van der Waals surface area contributed by atoms with Crippen LogP contribution >= 0.6 is 0 Å². The molecule has 0 saturated carbocycles. The van der Waals surface area contributed by atoms with Crippen molar-refractivity contribution >= 4 is 5.91 Å². The Kier molecular flexibility index (Phi) is 4.50. The van der Waals surface area contributed by atoms with Gasteiger partial charge in [0.05, 0.1) is 19.8 Å². The molecule has 0 bridgehead atoms. The SMILES string of the molecule is Cc1nc(C2CCCN(C(=O)CN3CCOCC3)C2)no1. The summed E-state index contributed by atoms with van der Waals surface area (Å²) in [6.07, 6.45) is 2.01. The molecule has 3 heterocycles. The smallest absolute Gasteiger partial charge is 0.236 e. The Hall–Kier alpha value is -1.47. The van der Waals surface area contributed by atoms with E-state index in [0.717, 1.165) is 51.5 Å². The lowest BCUT2D eigenvalue weighted by atomic mass is 9.97. The first-order valence-corrected chi connectivity index (χ1v) is 7.60. The molecule has 2 fully saturated rings. The third kappa shape index (κ3) is 3.59. The molecular formula is C14H22N4O3. The lowest BCUT2D eigenvalue weighted by Crippen LogP contribution is -2.47. The van der Waals surface area contributed by atoms with E-state index < -0.39 is 0 Å². The molecule has 1 atom stereocenters. The number of carbonyl (C=O) groups excluding carboxylic acids is 1. The van der Waals surface area contributed by atoms with Gasteiger partial charge in [-0.1, -0.05) is 5.16 Å². The molecule has 7 nitrogen and oxygen atoms in total. The van der Waals surface area contributed by atoms with Crippen molar-refractivity contribution in [1.82, 2.24) is 19.9 Å². The van der Waals surface area contributed by atoms with E-state index in [0.29, 0.717) is 19.0 Å². The zero-order chi connectivity index (χ0) is 14.7. The second kappa shape index (κ2) is 6.53. The van der Waals surface area contributed by atoms with Crippen LogP contribution in [0.5, 0.6) is 0 Å². The number of nitrogens with zero attached hydrogens (tertiary/aromatic N) is 4. The van der Waals surface area contributed by atoms with Gasteiger partial charge in [0.15, 0.2) is 5.82 Å². The molecule has 2 aliphatic rings. The highest BCUT2D eigenvalue weighted by atomic mass is 16.5. The minimum atomic E-state index is 0.196. The monoisotopic (exact) mass is 294 g/mol. The average Bonchev–Trinajstić information content (AvgIpc) is 2.95. The first-order valence-electron chi connectivity index (χ1n) is 7.60. The molecule has 0 N–H and O–H groups in total. The highest BCUT2D eigenvalue weighted by Gasteiger charge is 2.28. The predicted octanol–water partition coefficient (Wildman–Crippen LogP) is 0.416. The molecule has 2 aliphatic heterocycles. The Labute approximate surface area is 124 Å². The molecule has 116 valence electrons. The summed E-state index contributed by atoms with van der Waals surface area (Å²) in [5.41, 5.74) is 0. The summed E-state index contributed by atoms with van der Waals surface area (Å²) in [4.78, 5) is 20.8. The van der Waals surface area contributed by atoms with Gasteiger partial charge in [0.1, 0.15) is 0 Å². The van der Waals surface area contributed by atoms with Crippen LogP contribution in [-0.4, -0.2) is 71.8 Å². The summed E-state index contributed by atoms with van der Waals surface area (Å²) in [6.45, 7) is 6.93. The van der Waals surface area contributed by atoms with Gasteiger partial charge >= 0.3 is 0 Å². The second-order valence-corrected chi connectivity index (χ2v) is 5.74. The number of morpholine rings is 1. The first-order chi connectivity index (χ1) is 10.2. The van der Waals surface area contributed by atoms with Gasteiger partial charge in [0, 0.05) is 39.0 Å². The Morgan fingerprint density at radius 1 is 1.33 bits per heavy atom. The van der Waals surface area contributed by atoms with Crippen LogP contribution in [0.4, 0.5) is 0 Å². The normalized spacial score (nSPS) is 24.2. The number of rotatable bonds is 3. The fourth-order valence-corrected chi connectivity index (χ4v) is 2.95. The van der Waals surface area contributed by atoms with Gasteiger partial charge in [0.25, 0.3) is 0 Å². The van der Waals surface area contributed by atoms with E-state index in [1.807, 2.05) is 4.90 Å². The van der Waals surface area contributed by atoms with Gasteiger partial charge in [-0.2, -0.15) is 4.98 Å². The summed E-state index contributed by atoms with van der Waals surface area (Å²) < 4.78 is 10.4. The lowest BCUT2D eigenvalue weighted by Gasteiger charge is -2.34. The molecule has 1 aromatic heterocycles. The van der Waals surface area contributed by atoms with E-state index >= 15 is 0 Å². The van der Waals surface area contributed by atoms with Crippen LogP contribution in [-0.2, 0) is 9.53 Å². The molecule has 0 radical (unpaired) electrons. The van der Waals surface area contributed by atoms with Crippen LogP contribution in [0.1, 0.15) is 30.5 Å². The van der Waals surface area contributed by atoms with Gasteiger partial charge in [-0.3, -0.25) is 9.69 Å². The molecule has 0 spiro atoms. The van der Waals surface area contributed by atoms with Gasteiger partial charge < -0.3 is 14.2 Å². The van der Waals surface area contributed by atoms with Crippen LogP contribution < -0.4 is 0 Å². The number of amides is 1. The van der Waals surface area contributed by atoms with Crippen LogP contribution in [0, 0.1) is 6.92 Å². The van der Waals surface area contributed by atoms with Crippen LogP contribution in [0.25, 0.3) is 0 Å². The van der Waals surface area contributed by atoms with Crippen molar-refractivity contribution in [1.29, 1.82) is 0 Å². The van der Waals surface area contributed by atoms with Crippen molar-refractivity contribution in [2.75, 3.05) is 45.9 Å². The lowest BCUT2D eigenvalue weighted by molar-refractivity contribution is -0.134. The number of carbonyl (C=O) groups is 1. The minimum Gasteiger partial charge on any atom is -0.379 e. The zero-order valence-electron chi connectivity index (χ0n) is 12.5. The standard InChI is InChI=1S/C14H22N4O3/c1-11-15-14(16-21-11)12-3-2-4-18(9-12)13(19)10-17-5-7-20-8-6-17/h12H,2-10H2,1H3. The van der Waals surface area contributed by atoms with Gasteiger partial charge in [-0.25, -0.2) is 0 Å². The number of hydrogen-bond acceptors (Lipinski definition) is 6. The van der Waals surface area contributed by atoms with Gasteiger partial charge in [-0.05, 0) is 12.8 Å². The molecule has 1 unspecified atom stereocenters. The van der Waals surface area contributed by atoms with E-state index in [-0.39, 0.29) is 11.8 Å². The molecule has 0 aliphatic carbocycles. The van der Waals surface area contributed by atoms with Crippen molar-refractivity contribution in [3.8, 4) is 0 Å². The van der Waals surface area contributed by atoms with E-state index in [9.17, 15) is 4.79 Å². The molecule has 3 rings (SSSR count). The third-order valence-corrected chi connectivity index (χ3v) is 4.15. The number of aromatic nitrogens is 2. The molecule has 7 heteroatoms. The summed E-state index contributed by atoms with van der Waals surface area (Å²) in [7, 11) is 0. The van der Waals surface area contributed by atoms with Crippen molar-refractivity contribution in [3.05, 3.63) is 11.7 Å². The van der Waals surface area contributed by atoms with E-state index in [2.05, 4.69) is 15.0 Å². The predicted molar refractivity (Wildman–Crippen MR) is 74.8 cm³/mol. The highest BCUT2D eigenvalue weighted by Crippen LogP contribution is 2.24. The zero-order valence-corrected chi connectivity index (χ0v) is 12.5. The molecule has 0 aromatic carbocycles.